The van der Waals surface area contributed by atoms with Crippen LogP contribution in [0.5, 0.6) is 0 Å². The fourth-order valence-corrected chi connectivity index (χ4v) is 1.78. The molecule has 1 nitrogen and oxygen atoms in total. The monoisotopic (exact) mass is 173 g/mol. The molecule has 0 radical (unpaired) electrons. The van der Waals surface area contributed by atoms with E-state index in [-0.39, 0.29) is 0 Å². The van der Waals surface area contributed by atoms with Gasteiger partial charge in [0.15, 0.2) is 0 Å². The fourth-order valence-electron chi connectivity index (χ4n) is 1.78. The third-order valence-electron chi connectivity index (χ3n) is 2.43. The van der Waals surface area contributed by atoms with Gasteiger partial charge in [-0.1, -0.05) is 30.4 Å². The molecule has 0 saturated carbocycles. The summed E-state index contributed by atoms with van der Waals surface area (Å²) < 4.78 is 0. The molecule has 2 rings (SSSR count). The first-order chi connectivity index (χ1) is 6.40. The summed E-state index contributed by atoms with van der Waals surface area (Å²) in [5, 5.41) is 5.96. The Morgan fingerprint density at radius 3 is 2.69 bits per heavy atom. The lowest BCUT2D eigenvalue weighted by Crippen LogP contribution is -2.27. The van der Waals surface area contributed by atoms with Gasteiger partial charge in [-0.25, -0.2) is 0 Å². The molecule has 13 heavy (non-hydrogen) atoms. The van der Waals surface area contributed by atoms with Crippen molar-refractivity contribution < 1.29 is 0 Å². The molecular formula is C12H15N. The molecule has 0 unspecified atom stereocenters. The predicted octanol–water partition coefficient (Wildman–Crippen LogP) is 0.761. The first-order valence-corrected chi connectivity index (χ1v) is 4.84. The Morgan fingerprint density at radius 1 is 1.15 bits per heavy atom. The number of hydrogen-bond donors (Lipinski definition) is 1. The van der Waals surface area contributed by atoms with Crippen LogP contribution in [0.1, 0.15) is 18.4 Å². The molecule has 1 aliphatic carbocycles. The summed E-state index contributed by atoms with van der Waals surface area (Å²) in [5.74, 6) is 0. The summed E-state index contributed by atoms with van der Waals surface area (Å²) in [5.41, 5.74) is 1.37. The van der Waals surface area contributed by atoms with Gasteiger partial charge in [0, 0.05) is 6.54 Å². The Balaban J connectivity index is 2.48. The molecule has 68 valence electrons. The first kappa shape index (κ1) is 8.52. The minimum absolute atomic E-state index is 0.959. The first-order valence-electron chi connectivity index (χ1n) is 4.84. The highest BCUT2D eigenvalue weighted by molar-refractivity contribution is 5.39. The smallest absolute Gasteiger partial charge is 0.0202 e. The van der Waals surface area contributed by atoms with Gasteiger partial charge < -0.3 is 5.32 Å². The fraction of sp³-hybridized carbons (Fsp3) is 0.333. The summed E-state index contributed by atoms with van der Waals surface area (Å²) in [4.78, 5) is 0. The van der Waals surface area contributed by atoms with Crippen LogP contribution in [-0.2, 0) is 6.54 Å². The molecule has 0 aromatic heterocycles. The Bertz CT molecular complexity index is 404. The number of fused-ring (bicyclic) bond motifs is 1. The van der Waals surface area contributed by atoms with E-state index >= 15 is 0 Å². The Hall–Kier alpha value is -1.08. The van der Waals surface area contributed by atoms with Crippen molar-refractivity contribution in [3.8, 4) is 0 Å². The molecule has 0 amide bonds. The molecule has 0 spiro atoms. The van der Waals surface area contributed by atoms with Gasteiger partial charge in [0.05, 0.1) is 0 Å². The number of rotatable bonds is 2. The van der Waals surface area contributed by atoms with Crippen molar-refractivity contribution in [2.75, 3.05) is 7.05 Å². The zero-order valence-corrected chi connectivity index (χ0v) is 8.01. The molecule has 1 heteroatoms. The summed E-state index contributed by atoms with van der Waals surface area (Å²) in [7, 11) is 1.98. The number of hydrogen-bond acceptors (Lipinski definition) is 1. The minimum Gasteiger partial charge on any atom is -0.316 e. The van der Waals surface area contributed by atoms with Crippen molar-refractivity contribution in [2.45, 2.75) is 19.4 Å². The average Bonchev–Trinajstić information content (AvgIpc) is 2.18. The van der Waals surface area contributed by atoms with E-state index in [9.17, 15) is 0 Å². The van der Waals surface area contributed by atoms with Crippen LogP contribution in [0.3, 0.4) is 0 Å². The number of benzene rings is 1. The minimum atomic E-state index is 0.959. The summed E-state index contributed by atoms with van der Waals surface area (Å²) in [6.45, 7) is 0.959. The molecule has 0 aliphatic heterocycles. The quantitative estimate of drug-likeness (QED) is 0.696. The summed E-state index contributed by atoms with van der Waals surface area (Å²) >= 11 is 0. The second kappa shape index (κ2) is 3.75. The molecule has 0 atom stereocenters. The maximum absolute atomic E-state index is 3.17. The van der Waals surface area contributed by atoms with Gasteiger partial charge in [0.25, 0.3) is 0 Å². The maximum atomic E-state index is 3.17. The predicted molar refractivity (Wildman–Crippen MR) is 56.6 cm³/mol. The van der Waals surface area contributed by atoms with Crippen LogP contribution >= 0.6 is 0 Å². The van der Waals surface area contributed by atoms with Gasteiger partial charge in [0.2, 0.25) is 0 Å². The van der Waals surface area contributed by atoms with Crippen molar-refractivity contribution in [1.82, 2.24) is 5.32 Å². The van der Waals surface area contributed by atoms with Crippen LogP contribution in [0.2, 0.25) is 0 Å². The van der Waals surface area contributed by atoms with Gasteiger partial charge in [-0.05, 0) is 35.9 Å². The lowest BCUT2D eigenvalue weighted by atomic mass is 10.1. The maximum Gasteiger partial charge on any atom is 0.0202 e. The van der Waals surface area contributed by atoms with E-state index < -0.39 is 0 Å². The molecule has 0 saturated heterocycles. The third kappa shape index (κ3) is 1.81. The van der Waals surface area contributed by atoms with Crippen LogP contribution in [0, 0.1) is 0 Å². The van der Waals surface area contributed by atoms with Gasteiger partial charge >= 0.3 is 0 Å². The van der Waals surface area contributed by atoms with E-state index in [2.05, 4.69) is 35.7 Å². The highest BCUT2D eigenvalue weighted by Crippen LogP contribution is 1.97. The second-order valence-corrected chi connectivity index (χ2v) is 3.48. The SMILES string of the molecule is CNCc1ccc2c(c1)=CCCC=2. The van der Waals surface area contributed by atoms with Crippen molar-refractivity contribution >= 4 is 12.2 Å². The van der Waals surface area contributed by atoms with Crippen LogP contribution in [0.4, 0.5) is 0 Å². The highest BCUT2D eigenvalue weighted by atomic mass is 14.8. The van der Waals surface area contributed by atoms with E-state index in [0.29, 0.717) is 0 Å². The van der Waals surface area contributed by atoms with Crippen LogP contribution < -0.4 is 15.8 Å². The molecule has 0 fully saturated rings. The van der Waals surface area contributed by atoms with Gasteiger partial charge in [-0.3, -0.25) is 0 Å². The molecular weight excluding hydrogens is 158 g/mol. The highest BCUT2D eigenvalue weighted by Gasteiger charge is 1.94. The topological polar surface area (TPSA) is 12.0 Å². The van der Waals surface area contributed by atoms with E-state index in [1.165, 1.54) is 28.8 Å². The zero-order chi connectivity index (χ0) is 9.10. The van der Waals surface area contributed by atoms with Crippen molar-refractivity contribution in [2.24, 2.45) is 0 Å². The molecule has 1 aliphatic rings. The summed E-state index contributed by atoms with van der Waals surface area (Å²) in [6.07, 6.45) is 7.03. The van der Waals surface area contributed by atoms with Gasteiger partial charge in [-0.2, -0.15) is 0 Å². The Kier molecular flexibility index (Phi) is 2.46. The van der Waals surface area contributed by atoms with Gasteiger partial charge in [0.1, 0.15) is 0 Å². The largest absolute Gasteiger partial charge is 0.316 e. The molecule has 0 heterocycles. The lowest BCUT2D eigenvalue weighted by Gasteiger charge is -2.03. The van der Waals surface area contributed by atoms with Crippen molar-refractivity contribution in [3.63, 3.8) is 0 Å². The summed E-state index contributed by atoms with van der Waals surface area (Å²) in [6, 6.07) is 6.70. The zero-order valence-electron chi connectivity index (χ0n) is 8.01. The molecule has 0 bridgehead atoms. The van der Waals surface area contributed by atoms with Crippen LogP contribution in [0.25, 0.3) is 12.2 Å². The van der Waals surface area contributed by atoms with Crippen LogP contribution in [0.15, 0.2) is 18.2 Å². The molecule has 1 aromatic rings. The Labute approximate surface area is 78.8 Å². The average molecular weight is 173 g/mol. The van der Waals surface area contributed by atoms with Crippen molar-refractivity contribution in [1.29, 1.82) is 0 Å². The second-order valence-electron chi connectivity index (χ2n) is 3.48. The van der Waals surface area contributed by atoms with Gasteiger partial charge in [-0.15, -0.1) is 0 Å². The van der Waals surface area contributed by atoms with E-state index in [0.717, 1.165) is 6.54 Å². The van der Waals surface area contributed by atoms with E-state index in [1.54, 1.807) is 0 Å². The van der Waals surface area contributed by atoms with E-state index in [1.807, 2.05) is 7.05 Å². The van der Waals surface area contributed by atoms with Crippen molar-refractivity contribution in [3.05, 3.63) is 34.2 Å². The normalized spacial score (nSPS) is 14.2. The number of nitrogens with one attached hydrogen (secondary N) is 1. The van der Waals surface area contributed by atoms with E-state index in [4.69, 9.17) is 0 Å². The lowest BCUT2D eigenvalue weighted by molar-refractivity contribution is 0.816. The standard InChI is InChI=1S/C12H15N/c1-13-9-10-6-7-11-4-2-3-5-12(11)8-10/h4-8,13H,2-3,9H2,1H3. The third-order valence-corrected chi connectivity index (χ3v) is 2.43. The van der Waals surface area contributed by atoms with Crippen LogP contribution in [-0.4, -0.2) is 7.05 Å². The Morgan fingerprint density at radius 2 is 1.92 bits per heavy atom. The molecule has 1 N–H and O–H groups in total. The molecule has 1 aromatic carbocycles.